The molecule has 0 rings (SSSR count). The first-order valence-corrected chi connectivity index (χ1v) is 40.0. The van der Waals surface area contributed by atoms with Crippen LogP contribution in [-0.2, 0) is 65.4 Å². The third-order valence-corrected chi connectivity index (χ3v) is 18.7. The summed E-state index contributed by atoms with van der Waals surface area (Å²) < 4.78 is 68.2. The maximum absolute atomic E-state index is 13.0. The number of rotatable bonds is 70. The van der Waals surface area contributed by atoms with Gasteiger partial charge in [0.1, 0.15) is 19.3 Å². The zero-order valence-corrected chi connectivity index (χ0v) is 60.2. The molecule has 19 heteroatoms. The van der Waals surface area contributed by atoms with E-state index in [1.807, 2.05) is 0 Å². The number of esters is 4. The van der Waals surface area contributed by atoms with Gasteiger partial charge in [0.25, 0.3) is 0 Å². The molecule has 0 saturated heterocycles. The standard InChI is InChI=1S/C71H138O17P2/c1-7-10-12-14-16-17-18-19-20-21-22-23-24-25-26-29-37-43-49-55-70(75)87-67(60-82-69(74)54-48-42-36-30-27-28-34-39-45-51-63(4)5)62-86-90(79,80)84-58-65(72)57-83-89(77,78)85-61-66(59-81-68(73)53-47-41-33-15-13-11-8-2)88-71(76)56-50-44-38-32-31-35-40-46-52-64(6)9-3/h63-67,72H,7-62H2,1-6H3,(H,77,78)(H,79,80)/t64?,65-,66+,67+/m0/s1. The predicted molar refractivity (Wildman–Crippen MR) is 363 cm³/mol. The molecule has 6 atom stereocenters. The molecular formula is C71H138O17P2. The summed E-state index contributed by atoms with van der Waals surface area (Å²) in [5.41, 5.74) is 0. The molecule has 0 aromatic carbocycles. The number of hydrogen-bond donors (Lipinski definition) is 3. The quantitative estimate of drug-likeness (QED) is 0.0222. The Kier molecular flexibility index (Phi) is 61.8. The van der Waals surface area contributed by atoms with Crippen LogP contribution in [0.15, 0.2) is 0 Å². The van der Waals surface area contributed by atoms with Crippen molar-refractivity contribution in [3.8, 4) is 0 Å². The van der Waals surface area contributed by atoms with Gasteiger partial charge in [-0.1, -0.05) is 311 Å². The Morgan fingerprint density at radius 1 is 0.322 bits per heavy atom. The number of aliphatic hydroxyl groups excluding tert-OH is 1. The van der Waals surface area contributed by atoms with E-state index in [2.05, 4.69) is 41.5 Å². The minimum Gasteiger partial charge on any atom is -0.462 e. The number of phosphoric acid groups is 2. The van der Waals surface area contributed by atoms with Crippen LogP contribution in [0.25, 0.3) is 0 Å². The Morgan fingerprint density at radius 2 is 0.567 bits per heavy atom. The second-order valence-corrected chi connectivity index (χ2v) is 29.3. The summed E-state index contributed by atoms with van der Waals surface area (Å²) in [6.07, 6.45) is 48.7. The molecule has 90 heavy (non-hydrogen) atoms. The molecule has 0 amide bonds. The monoisotopic (exact) mass is 1320 g/mol. The highest BCUT2D eigenvalue weighted by atomic mass is 31.2. The van der Waals surface area contributed by atoms with E-state index in [9.17, 15) is 43.2 Å². The van der Waals surface area contributed by atoms with Crippen molar-refractivity contribution in [1.82, 2.24) is 0 Å². The van der Waals surface area contributed by atoms with Crippen molar-refractivity contribution < 1.29 is 80.2 Å². The molecule has 0 fully saturated rings. The molecular weight excluding hydrogens is 1190 g/mol. The number of phosphoric ester groups is 2. The lowest BCUT2D eigenvalue weighted by molar-refractivity contribution is -0.161. The number of carbonyl (C=O) groups is 4. The summed E-state index contributed by atoms with van der Waals surface area (Å²) in [6, 6.07) is 0. The number of unbranched alkanes of at least 4 members (excludes halogenated alkanes) is 39. The molecule has 0 aliphatic carbocycles. The molecule has 0 aromatic heterocycles. The van der Waals surface area contributed by atoms with Crippen LogP contribution in [-0.4, -0.2) is 96.7 Å². The van der Waals surface area contributed by atoms with Crippen molar-refractivity contribution in [2.45, 2.75) is 381 Å². The second-order valence-electron chi connectivity index (χ2n) is 26.3. The normalized spacial score (nSPS) is 14.4. The lowest BCUT2D eigenvalue weighted by Gasteiger charge is -2.21. The Bertz CT molecular complexity index is 1750. The van der Waals surface area contributed by atoms with E-state index < -0.39 is 97.5 Å². The SMILES string of the molecule is CCCCCCCCCCCCCCCCCCCCCC(=O)O[C@H](COC(=O)CCCCCCCCCCCC(C)C)COP(=O)(O)OC[C@@H](O)COP(=O)(O)OC[C@@H](COC(=O)CCCCCCCCC)OC(=O)CCCCCCCCCCC(C)CC. The number of hydrogen-bond acceptors (Lipinski definition) is 15. The van der Waals surface area contributed by atoms with Crippen molar-refractivity contribution in [2.24, 2.45) is 11.8 Å². The molecule has 0 bridgehead atoms. The molecule has 0 saturated carbocycles. The zero-order chi connectivity index (χ0) is 66.5. The summed E-state index contributed by atoms with van der Waals surface area (Å²) in [4.78, 5) is 72.4. The molecule has 0 aliphatic rings. The van der Waals surface area contributed by atoms with Crippen LogP contribution in [0.2, 0.25) is 0 Å². The fraction of sp³-hybridized carbons (Fsp3) is 0.944. The highest BCUT2D eigenvalue weighted by molar-refractivity contribution is 7.47. The van der Waals surface area contributed by atoms with Gasteiger partial charge < -0.3 is 33.8 Å². The van der Waals surface area contributed by atoms with E-state index in [1.165, 1.54) is 167 Å². The third-order valence-electron chi connectivity index (χ3n) is 16.8. The van der Waals surface area contributed by atoms with Crippen molar-refractivity contribution >= 4 is 39.5 Å². The van der Waals surface area contributed by atoms with Crippen LogP contribution < -0.4 is 0 Å². The fourth-order valence-electron chi connectivity index (χ4n) is 10.7. The summed E-state index contributed by atoms with van der Waals surface area (Å²) in [6.45, 7) is 9.49. The van der Waals surface area contributed by atoms with Crippen molar-refractivity contribution in [3.05, 3.63) is 0 Å². The lowest BCUT2D eigenvalue weighted by atomic mass is 9.99. The van der Waals surface area contributed by atoms with Crippen LogP contribution in [0.1, 0.15) is 363 Å². The lowest BCUT2D eigenvalue weighted by Crippen LogP contribution is -2.30. The second kappa shape index (κ2) is 63.1. The maximum atomic E-state index is 13.0. The van der Waals surface area contributed by atoms with Crippen LogP contribution in [0.3, 0.4) is 0 Å². The fourth-order valence-corrected chi connectivity index (χ4v) is 12.3. The molecule has 0 radical (unpaired) electrons. The topological polar surface area (TPSA) is 237 Å². The zero-order valence-electron chi connectivity index (χ0n) is 58.4. The Balaban J connectivity index is 5.18. The average molecular weight is 1330 g/mol. The third kappa shape index (κ3) is 63.5. The van der Waals surface area contributed by atoms with E-state index in [4.69, 9.17) is 37.0 Å². The van der Waals surface area contributed by atoms with Gasteiger partial charge in [0.2, 0.25) is 0 Å². The van der Waals surface area contributed by atoms with Gasteiger partial charge in [-0.2, -0.15) is 0 Å². The number of carbonyl (C=O) groups excluding carboxylic acids is 4. The Hall–Kier alpha value is -1.94. The largest absolute Gasteiger partial charge is 0.472 e. The summed E-state index contributed by atoms with van der Waals surface area (Å²) in [5.74, 6) is -0.616. The molecule has 3 unspecified atom stereocenters. The van der Waals surface area contributed by atoms with Crippen molar-refractivity contribution in [3.63, 3.8) is 0 Å². The molecule has 3 N–H and O–H groups in total. The van der Waals surface area contributed by atoms with Crippen LogP contribution in [0.4, 0.5) is 0 Å². The molecule has 0 spiro atoms. The van der Waals surface area contributed by atoms with E-state index in [-0.39, 0.29) is 25.7 Å². The van der Waals surface area contributed by atoms with E-state index >= 15 is 0 Å². The number of ether oxygens (including phenoxy) is 4. The van der Waals surface area contributed by atoms with Gasteiger partial charge in [0.05, 0.1) is 26.4 Å². The minimum atomic E-state index is -4.95. The maximum Gasteiger partial charge on any atom is 0.472 e. The van der Waals surface area contributed by atoms with Crippen LogP contribution in [0.5, 0.6) is 0 Å². The van der Waals surface area contributed by atoms with E-state index in [0.717, 1.165) is 115 Å². The van der Waals surface area contributed by atoms with E-state index in [0.29, 0.717) is 25.7 Å². The smallest absolute Gasteiger partial charge is 0.462 e. The summed E-state index contributed by atoms with van der Waals surface area (Å²) >= 11 is 0. The van der Waals surface area contributed by atoms with Gasteiger partial charge in [-0.3, -0.25) is 37.3 Å². The van der Waals surface area contributed by atoms with Gasteiger partial charge >= 0.3 is 39.5 Å². The van der Waals surface area contributed by atoms with E-state index in [1.54, 1.807) is 0 Å². The van der Waals surface area contributed by atoms with Gasteiger partial charge in [-0.05, 0) is 37.5 Å². The molecule has 0 aromatic rings. The van der Waals surface area contributed by atoms with Crippen molar-refractivity contribution in [1.29, 1.82) is 0 Å². The van der Waals surface area contributed by atoms with Gasteiger partial charge in [-0.15, -0.1) is 0 Å². The molecule has 0 heterocycles. The summed E-state index contributed by atoms with van der Waals surface area (Å²) in [7, 11) is -9.90. The predicted octanol–water partition coefficient (Wildman–Crippen LogP) is 20.4. The van der Waals surface area contributed by atoms with Gasteiger partial charge in [0.15, 0.2) is 12.2 Å². The van der Waals surface area contributed by atoms with Crippen LogP contribution in [0, 0.1) is 11.8 Å². The van der Waals surface area contributed by atoms with Crippen molar-refractivity contribution in [2.75, 3.05) is 39.6 Å². The molecule has 534 valence electrons. The Morgan fingerprint density at radius 3 is 0.844 bits per heavy atom. The average Bonchev–Trinajstić information content (AvgIpc) is 2.79. The first kappa shape index (κ1) is 88.1. The molecule has 0 aliphatic heterocycles. The first-order valence-electron chi connectivity index (χ1n) is 37.0. The summed E-state index contributed by atoms with van der Waals surface area (Å²) in [5, 5.41) is 10.6. The minimum absolute atomic E-state index is 0.105. The number of aliphatic hydroxyl groups is 1. The van der Waals surface area contributed by atoms with Gasteiger partial charge in [-0.25, -0.2) is 9.13 Å². The highest BCUT2D eigenvalue weighted by Gasteiger charge is 2.30. The highest BCUT2D eigenvalue weighted by Crippen LogP contribution is 2.45. The van der Waals surface area contributed by atoms with Crippen LogP contribution >= 0.6 is 15.6 Å². The Labute approximate surface area is 549 Å². The van der Waals surface area contributed by atoms with Gasteiger partial charge in [0, 0.05) is 25.7 Å². The molecule has 17 nitrogen and oxygen atoms in total. The first-order chi connectivity index (χ1) is 43.4.